The molecule has 2 unspecified atom stereocenters. The number of hydrogen-bond donors (Lipinski definition) is 3. The first-order chi connectivity index (χ1) is 17.6. The fraction of sp³-hybridized carbons (Fsp3) is 0.296. The van der Waals surface area contributed by atoms with E-state index in [4.69, 9.17) is 11.6 Å². The summed E-state index contributed by atoms with van der Waals surface area (Å²) < 4.78 is 43.8. The van der Waals surface area contributed by atoms with Crippen molar-refractivity contribution in [3.05, 3.63) is 87.6 Å². The highest BCUT2D eigenvalue weighted by molar-refractivity contribution is 7.90. The van der Waals surface area contributed by atoms with Gasteiger partial charge < -0.3 is 10.2 Å². The van der Waals surface area contributed by atoms with E-state index >= 15 is 4.39 Å². The highest BCUT2D eigenvalue weighted by Gasteiger charge is 2.36. The second kappa shape index (κ2) is 10.1. The third-order valence-corrected chi connectivity index (χ3v) is 10.2. The van der Waals surface area contributed by atoms with Crippen LogP contribution in [-0.2, 0) is 15.6 Å². The van der Waals surface area contributed by atoms with Crippen LogP contribution in [0.5, 0.6) is 0 Å². The number of rotatable bonds is 9. The molecule has 0 radical (unpaired) electrons. The van der Waals surface area contributed by atoms with Gasteiger partial charge in [0.05, 0.1) is 17.6 Å². The molecular formula is C27H26ClFN2O4S2. The standard InChI is InChI=1S/C27H26ClFN2O4S2/c1-27(33,15-32)17-10-11-30-23(13-17)19-5-2-4-16-12-24(36-26(16)19)20(14-31-37(34,35)18-8-9-18)25-21(28)6-3-7-22(25)29/h2-7,10-13,18,20,31-33H,8-9,14-15H2,1H3. The zero-order valence-corrected chi connectivity index (χ0v) is 22.4. The van der Waals surface area contributed by atoms with Crippen molar-refractivity contribution in [2.45, 2.75) is 36.5 Å². The van der Waals surface area contributed by atoms with Crippen molar-refractivity contribution in [2.75, 3.05) is 13.2 Å². The van der Waals surface area contributed by atoms with Gasteiger partial charge in [-0.3, -0.25) is 4.98 Å². The second-order valence-corrected chi connectivity index (χ2v) is 13.1. The molecule has 3 N–H and O–H groups in total. The summed E-state index contributed by atoms with van der Waals surface area (Å²) in [6.07, 6.45) is 2.83. The number of fused-ring (bicyclic) bond motifs is 1. The summed E-state index contributed by atoms with van der Waals surface area (Å²) in [5, 5.41) is 20.8. The Labute approximate surface area is 223 Å². The summed E-state index contributed by atoms with van der Waals surface area (Å²) in [5.74, 6) is -1.14. The van der Waals surface area contributed by atoms with Crippen molar-refractivity contribution in [3.63, 3.8) is 0 Å². The Bertz CT molecular complexity index is 1550. The van der Waals surface area contributed by atoms with Gasteiger partial charge in [-0.05, 0) is 61.0 Å². The van der Waals surface area contributed by atoms with Crippen molar-refractivity contribution in [1.82, 2.24) is 9.71 Å². The lowest BCUT2D eigenvalue weighted by Gasteiger charge is -2.21. The third kappa shape index (κ3) is 5.30. The van der Waals surface area contributed by atoms with Crippen LogP contribution in [0.15, 0.2) is 60.8 Å². The molecule has 2 heterocycles. The lowest BCUT2D eigenvalue weighted by molar-refractivity contribution is -0.00230. The average molecular weight is 561 g/mol. The number of nitrogens with zero attached hydrogens (tertiary/aromatic N) is 1. The number of thiophene rings is 1. The number of pyridine rings is 1. The predicted octanol–water partition coefficient (Wildman–Crippen LogP) is 5.17. The predicted molar refractivity (Wildman–Crippen MR) is 145 cm³/mol. The van der Waals surface area contributed by atoms with Crippen LogP contribution in [0.4, 0.5) is 4.39 Å². The van der Waals surface area contributed by atoms with Crippen LogP contribution < -0.4 is 4.72 Å². The number of aliphatic hydroxyl groups excluding tert-OH is 1. The van der Waals surface area contributed by atoms with Crippen LogP contribution in [-0.4, -0.2) is 42.0 Å². The number of aliphatic hydroxyl groups is 2. The number of hydrogen-bond acceptors (Lipinski definition) is 6. The molecule has 5 rings (SSSR count). The molecule has 2 atom stereocenters. The van der Waals surface area contributed by atoms with Gasteiger partial charge in [-0.1, -0.05) is 35.9 Å². The molecule has 37 heavy (non-hydrogen) atoms. The molecule has 2 aromatic heterocycles. The smallest absolute Gasteiger partial charge is 0.214 e. The van der Waals surface area contributed by atoms with Gasteiger partial charge in [0.1, 0.15) is 11.4 Å². The molecule has 1 aliphatic rings. The minimum Gasteiger partial charge on any atom is -0.393 e. The fourth-order valence-corrected chi connectivity index (χ4v) is 7.32. The third-order valence-electron chi connectivity index (χ3n) is 6.67. The van der Waals surface area contributed by atoms with E-state index < -0.39 is 39.2 Å². The molecular weight excluding hydrogens is 535 g/mol. The molecule has 1 aliphatic carbocycles. The van der Waals surface area contributed by atoms with Gasteiger partial charge in [-0.15, -0.1) is 11.3 Å². The normalized spacial score (nSPS) is 16.6. The van der Waals surface area contributed by atoms with Crippen LogP contribution in [0.3, 0.4) is 0 Å². The topological polar surface area (TPSA) is 99.5 Å². The van der Waals surface area contributed by atoms with Crippen LogP contribution >= 0.6 is 22.9 Å². The molecule has 0 spiro atoms. The Morgan fingerprint density at radius 3 is 2.68 bits per heavy atom. The van der Waals surface area contributed by atoms with E-state index in [-0.39, 0.29) is 17.1 Å². The Kier molecular flexibility index (Phi) is 7.12. The van der Waals surface area contributed by atoms with Crippen molar-refractivity contribution in [3.8, 4) is 11.3 Å². The number of sulfonamides is 1. The first-order valence-electron chi connectivity index (χ1n) is 11.9. The first-order valence-corrected chi connectivity index (χ1v) is 14.6. The molecule has 6 nitrogen and oxygen atoms in total. The largest absolute Gasteiger partial charge is 0.393 e. The van der Waals surface area contributed by atoms with Gasteiger partial charge in [0, 0.05) is 44.4 Å². The molecule has 0 amide bonds. The minimum atomic E-state index is -3.49. The van der Waals surface area contributed by atoms with Crippen molar-refractivity contribution < 1.29 is 23.0 Å². The summed E-state index contributed by atoms with van der Waals surface area (Å²) >= 11 is 7.85. The highest BCUT2D eigenvalue weighted by atomic mass is 35.5. The molecule has 1 fully saturated rings. The first kappa shape index (κ1) is 26.2. The summed E-state index contributed by atoms with van der Waals surface area (Å²) in [6, 6.07) is 15.5. The molecule has 0 saturated heterocycles. The fourth-order valence-electron chi connectivity index (χ4n) is 4.34. The molecule has 0 bridgehead atoms. The lowest BCUT2D eigenvalue weighted by Crippen LogP contribution is -2.31. The Morgan fingerprint density at radius 2 is 1.97 bits per heavy atom. The van der Waals surface area contributed by atoms with Gasteiger partial charge in [0.25, 0.3) is 0 Å². The average Bonchev–Trinajstić information content (AvgIpc) is 3.65. The van der Waals surface area contributed by atoms with Gasteiger partial charge in [-0.25, -0.2) is 17.5 Å². The molecule has 1 saturated carbocycles. The number of nitrogens with one attached hydrogen (secondary N) is 1. The Morgan fingerprint density at radius 1 is 1.22 bits per heavy atom. The second-order valence-electron chi connectivity index (χ2n) is 9.52. The number of aromatic nitrogens is 1. The summed E-state index contributed by atoms with van der Waals surface area (Å²) in [7, 11) is -3.49. The Balaban J connectivity index is 1.60. The maximum atomic E-state index is 15.1. The van der Waals surface area contributed by atoms with Gasteiger partial charge >= 0.3 is 0 Å². The van der Waals surface area contributed by atoms with Crippen LogP contribution in [0, 0.1) is 5.82 Å². The summed E-state index contributed by atoms with van der Waals surface area (Å²) in [5.41, 5.74) is 0.771. The van der Waals surface area contributed by atoms with Crippen LogP contribution in [0.2, 0.25) is 5.02 Å². The molecule has 0 aliphatic heterocycles. The van der Waals surface area contributed by atoms with Gasteiger partial charge in [0.2, 0.25) is 10.0 Å². The molecule has 2 aromatic carbocycles. The monoisotopic (exact) mass is 560 g/mol. The zero-order chi connectivity index (χ0) is 26.4. The van der Waals surface area contributed by atoms with Crippen molar-refractivity contribution in [1.29, 1.82) is 0 Å². The van der Waals surface area contributed by atoms with Gasteiger partial charge in [0.15, 0.2) is 0 Å². The maximum absolute atomic E-state index is 15.1. The van der Waals surface area contributed by atoms with E-state index in [1.165, 1.54) is 30.4 Å². The number of halogens is 2. The van der Waals surface area contributed by atoms with Crippen LogP contribution in [0.25, 0.3) is 21.3 Å². The molecule has 4 aromatic rings. The van der Waals surface area contributed by atoms with E-state index in [1.807, 2.05) is 24.3 Å². The zero-order valence-electron chi connectivity index (χ0n) is 20.0. The van der Waals surface area contributed by atoms with E-state index in [0.717, 1.165) is 20.5 Å². The number of benzene rings is 2. The highest BCUT2D eigenvalue weighted by Crippen LogP contribution is 2.42. The SMILES string of the molecule is CC(O)(CO)c1ccnc(-c2cccc3cc(C(CNS(=O)(=O)C4CC4)c4c(F)cccc4Cl)sc23)c1. The van der Waals surface area contributed by atoms with E-state index in [9.17, 15) is 18.6 Å². The molecule has 194 valence electrons. The van der Waals surface area contributed by atoms with Gasteiger partial charge in [-0.2, -0.15) is 0 Å². The Hall–Kier alpha value is -2.40. The van der Waals surface area contributed by atoms with Crippen molar-refractivity contribution >= 4 is 43.0 Å². The lowest BCUT2D eigenvalue weighted by atomic mass is 9.95. The van der Waals surface area contributed by atoms with E-state index in [0.29, 0.717) is 24.1 Å². The summed E-state index contributed by atoms with van der Waals surface area (Å²) in [4.78, 5) is 5.24. The molecule has 10 heteroatoms. The van der Waals surface area contributed by atoms with Crippen molar-refractivity contribution in [2.24, 2.45) is 0 Å². The maximum Gasteiger partial charge on any atom is 0.214 e. The summed E-state index contributed by atoms with van der Waals surface area (Å²) in [6.45, 7) is 1.07. The minimum absolute atomic E-state index is 0.0191. The van der Waals surface area contributed by atoms with Crippen LogP contribution in [0.1, 0.15) is 41.7 Å². The van der Waals surface area contributed by atoms with E-state index in [2.05, 4.69) is 9.71 Å². The van der Waals surface area contributed by atoms with E-state index in [1.54, 1.807) is 24.4 Å². The quantitative estimate of drug-likeness (QED) is 0.262.